The first-order chi connectivity index (χ1) is 12.3. The van der Waals surface area contributed by atoms with E-state index in [2.05, 4.69) is 6.92 Å². The molecule has 0 saturated carbocycles. The normalized spacial score (nSPS) is 25.6. The molecule has 0 aliphatic carbocycles. The van der Waals surface area contributed by atoms with Gasteiger partial charge in [0.05, 0.1) is 26.2 Å². The summed E-state index contributed by atoms with van der Waals surface area (Å²) in [7, 11) is 0. The molecule has 3 fully saturated rings. The molecule has 0 aromatic heterocycles. The Morgan fingerprint density at radius 1 is 0.520 bits per heavy atom. The van der Waals surface area contributed by atoms with Crippen molar-refractivity contribution in [2.45, 2.75) is 122 Å². The fourth-order valence-electron chi connectivity index (χ4n) is 5.29. The zero-order chi connectivity index (χ0) is 17.6. The molecule has 1 heteroatoms. The Kier molecular flexibility index (Phi) is 11.2. The van der Waals surface area contributed by atoms with Gasteiger partial charge < -0.3 is 4.48 Å². The molecule has 1 nitrogen and oxygen atoms in total. The van der Waals surface area contributed by atoms with Gasteiger partial charge in [-0.15, -0.1) is 0 Å². The highest BCUT2D eigenvalue weighted by Crippen LogP contribution is 2.33. The highest BCUT2D eigenvalue weighted by molar-refractivity contribution is 4.71. The van der Waals surface area contributed by atoms with Crippen LogP contribution < -0.4 is 0 Å². The zero-order valence-corrected chi connectivity index (χ0v) is 17.6. The van der Waals surface area contributed by atoms with Crippen LogP contribution in [0.3, 0.4) is 0 Å². The van der Waals surface area contributed by atoms with Crippen LogP contribution in [0.1, 0.15) is 122 Å². The Morgan fingerprint density at radius 2 is 0.880 bits per heavy atom. The van der Waals surface area contributed by atoms with Crippen molar-refractivity contribution in [3.8, 4) is 0 Å². The average Bonchev–Trinajstić information content (AvgIpc) is 2.66. The van der Waals surface area contributed by atoms with Crippen molar-refractivity contribution in [3.05, 3.63) is 0 Å². The monoisotopic (exact) mass is 350 g/mol. The molecule has 3 saturated heterocycles. The molecule has 0 aromatic carbocycles. The largest absolute Gasteiger partial charge is 0.324 e. The second-order valence-electron chi connectivity index (χ2n) is 9.42. The standard InChI is InChI=1S/C24H48N/c1-2-3-4-5-6-7-8-9-10-11-12-13-14-15-16-20-25-21-17-24(18-22-25)19-23-25/h24H,2-23H2,1H3/q+1. The summed E-state index contributed by atoms with van der Waals surface area (Å²) in [5.74, 6) is 1.11. The SMILES string of the molecule is CCCCCCCCCCCCCCCCC[N+]12CCC(CC1)CC2. The number of rotatable bonds is 16. The molecular formula is C24H48N+. The van der Waals surface area contributed by atoms with Gasteiger partial charge in [0, 0.05) is 0 Å². The molecule has 3 aliphatic rings. The van der Waals surface area contributed by atoms with Crippen molar-refractivity contribution in [2.24, 2.45) is 5.92 Å². The van der Waals surface area contributed by atoms with Crippen LogP contribution in [0.5, 0.6) is 0 Å². The summed E-state index contributed by atoms with van der Waals surface area (Å²) in [6.45, 7) is 8.36. The predicted octanol–water partition coefficient (Wildman–Crippen LogP) is 7.49. The molecule has 0 atom stereocenters. The fraction of sp³-hybridized carbons (Fsp3) is 1.00. The third-order valence-electron chi connectivity index (χ3n) is 7.27. The second kappa shape index (κ2) is 13.2. The molecule has 0 radical (unpaired) electrons. The molecule has 0 unspecified atom stereocenters. The molecule has 0 aromatic rings. The van der Waals surface area contributed by atoms with Crippen LogP contribution >= 0.6 is 0 Å². The highest BCUT2D eigenvalue weighted by atomic mass is 15.4. The molecule has 0 N–H and O–H groups in total. The van der Waals surface area contributed by atoms with Crippen LogP contribution in [0.4, 0.5) is 0 Å². The second-order valence-corrected chi connectivity index (χ2v) is 9.42. The van der Waals surface area contributed by atoms with Crippen molar-refractivity contribution < 1.29 is 4.48 Å². The topological polar surface area (TPSA) is 0 Å². The van der Waals surface area contributed by atoms with Crippen LogP contribution in [-0.4, -0.2) is 30.7 Å². The van der Waals surface area contributed by atoms with Gasteiger partial charge >= 0.3 is 0 Å². The summed E-state index contributed by atoms with van der Waals surface area (Å²) < 4.78 is 1.51. The van der Waals surface area contributed by atoms with Gasteiger partial charge in [0.25, 0.3) is 0 Å². The molecule has 25 heavy (non-hydrogen) atoms. The van der Waals surface area contributed by atoms with Gasteiger partial charge in [0.2, 0.25) is 0 Å². The highest BCUT2D eigenvalue weighted by Gasteiger charge is 2.38. The minimum atomic E-state index is 1.11. The summed E-state index contributed by atoms with van der Waals surface area (Å²) in [6.07, 6.45) is 26.9. The van der Waals surface area contributed by atoms with Gasteiger partial charge in [-0.3, -0.25) is 0 Å². The van der Waals surface area contributed by atoms with Gasteiger partial charge in [-0.05, 0) is 38.0 Å². The average molecular weight is 351 g/mol. The van der Waals surface area contributed by atoms with E-state index in [0.29, 0.717) is 0 Å². The van der Waals surface area contributed by atoms with Crippen molar-refractivity contribution in [2.75, 3.05) is 26.2 Å². The fourth-order valence-corrected chi connectivity index (χ4v) is 5.29. The number of nitrogens with zero attached hydrogens (tertiary/aromatic N) is 1. The van der Waals surface area contributed by atoms with Gasteiger partial charge in [-0.2, -0.15) is 0 Å². The summed E-state index contributed by atoms with van der Waals surface area (Å²) in [5.41, 5.74) is 0. The lowest BCUT2D eigenvalue weighted by atomic mass is 9.85. The first-order valence-electron chi connectivity index (χ1n) is 12.2. The first kappa shape index (κ1) is 21.3. The maximum Gasteiger partial charge on any atom is 0.0789 e. The predicted molar refractivity (Wildman–Crippen MR) is 112 cm³/mol. The molecule has 3 rings (SSSR count). The number of hydrogen-bond donors (Lipinski definition) is 0. The molecular weight excluding hydrogens is 302 g/mol. The Hall–Kier alpha value is -0.0400. The number of hydrogen-bond acceptors (Lipinski definition) is 0. The maximum atomic E-state index is 2.30. The van der Waals surface area contributed by atoms with Crippen molar-refractivity contribution in [3.63, 3.8) is 0 Å². The quantitative estimate of drug-likeness (QED) is 0.200. The van der Waals surface area contributed by atoms with Crippen LogP contribution in [0.25, 0.3) is 0 Å². The Bertz CT molecular complexity index is 289. The Balaban J connectivity index is 1.28. The first-order valence-corrected chi connectivity index (χ1v) is 12.2. The molecule has 2 bridgehead atoms. The van der Waals surface area contributed by atoms with E-state index in [0.717, 1.165) is 5.92 Å². The minimum Gasteiger partial charge on any atom is -0.324 e. The van der Waals surface area contributed by atoms with E-state index in [1.54, 1.807) is 19.3 Å². The van der Waals surface area contributed by atoms with Crippen LogP contribution in [0.15, 0.2) is 0 Å². The van der Waals surface area contributed by atoms with E-state index < -0.39 is 0 Å². The lowest BCUT2D eigenvalue weighted by Gasteiger charge is -2.49. The molecule has 0 amide bonds. The van der Waals surface area contributed by atoms with Crippen LogP contribution in [0.2, 0.25) is 0 Å². The summed E-state index contributed by atoms with van der Waals surface area (Å²) in [4.78, 5) is 0. The smallest absolute Gasteiger partial charge is 0.0789 e. The third-order valence-corrected chi connectivity index (χ3v) is 7.27. The van der Waals surface area contributed by atoms with Gasteiger partial charge in [-0.1, -0.05) is 90.4 Å². The minimum absolute atomic E-state index is 1.11. The lowest BCUT2D eigenvalue weighted by molar-refractivity contribution is -0.942. The van der Waals surface area contributed by atoms with Gasteiger partial charge in [-0.25, -0.2) is 0 Å². The van der Waals surface area contributed by atoms with Crippen molar-refractivity contribution >= 4 is 0 Å². The summed E-state index contributed by atoms with van der Waals surface area (Å²) >= 11 is 0. The molecule has 3 aliphatic heterocycles. The van der Waals surface area contributed by atoms with E-state index in [1.807, 2.05) is 0 Å². The number of fused-ring (bicyclic) bond motifs is 3. The molecule has 3 heterocycles. The van der Waals surface area contributed by atoms with Gasteiger partial charge in [0.1, 0.15) is 0 Å². The molecule has 148 valence electrons. The zero-order valence-electron chi connectivity index (χ0n) is 17.6. The van der Waals surface area contributed by atoms with Gasteiger partial charge in [0.15, 0.2) is 0 Å². The number of unbranched alkanes of at least 4 members (excludes halogenated alkanes) is 14. The number of piperidine rings is 3. The van der Waals surface area contributed by atoms with Crippen LogP contribution in [0, 0.1) is 5.92 Å². The van der Waals surface area contributed by atoms with E-state index >= 15 is 0 Å². The van der Waals surface area contributed by atoms with E-state index in [9.17, 15) is 0 Å². The van der Waals surface area contributed by atoms with E-state index in [1.165, 1.54) is 127 Å². The van der Waals surface area contributed by atoms with Crippen molar-refractivity contribution in [1.82, 2.24) is 0 Å². The summed E-state index contributed by atoms with van der Waals surface area (Å²) in [6, 6.07) is 0. The summed E-state index contributed by atoms with van der Waals surface area (Å²) in [5, 5.41) is 0. The van der Waals surface area contributed by atoms with Crippen molar-refractivity contribution in [1.29, 1.82) is 0 Å². The Labute approximate surface area is 159 Å². The Morgan fingerprint density at radius 3 is 1.28 bits per heavy atom. The van der Waals surface area contributed by atoms with Crippen LogP contribution in [-0.2, 0) is 0 Å². The van der Waals surface area contributed by atoms with E-state index in [4.69, 9.17) is 0 Å². The molecule has 0 spiro atoms. The lowest BCUT2D eigenvalue weighted by Crippen LogP contribution is -2.58. The van der Waals surface area contributed by atoms with E-state index in [-0.39, 0.29) is 0 Å². The third kappa shape index (κ3) is 8.94. The number of quaternary nitrogens is 1. The maximum absolute atomic E-state index is 2.30.